The van der Waals surface area contributed by atoms with E-state index in [1.165, 1.54) is 43.3 Å². The lowest BCUT2D eigenvalue weighted by atomic mass is 10.1. The number of hydrogen-bond donors (Lipinski definition) is 2. The third kappa shape index (κ3) is 2.63. The van der Waals surface area contributed by atoms with Crippen molar-refractivity contribution in [2.75, 3.05) is 14.2 Å². The fourth-order valence-corrected chi connectivity index (χ4v) is 2.59. The zero-order valence-electron chi connectivity index (χ0n) is 13.4. The number of hydrogen-bond acceptors (Lipinski definition) is 7. The molecule has 8 heteroatoms. The number of methoxy groups -OCH3 is 2. The van der Waals surface area contributed by atoms with Crippen LogP contribution in [0.15, 0.2) is 36.7 Å². The molecule has 8 nitrogen and oxygen atoms in total. The van der Waals surface area contributed by atoms with E-state index in [1.54, 1.807) is 6.07 Å². The summed E-state index contributed by atoms with van der Waals surface area (Å²) in [5, 5.41) is 19.6. The van der Waals surface area contributed by atoms with Crippen molar-refractivity contribution in [3.63, 3.8) is 0 Å². The van der Waals surface area contributed by atoms with Crippen molar-refractivity contribution in [2.24, 2.45) is 0 Å². The van der Waals surface area contributed by atoms with Crippen LogP contribution in [0.25, 0.3) is 16.7 Å². The van der Waals surface area contributed by atoms with E-state index in [-0.39, 0.29) is 33.8 Å². The number of phenols is 2. The van der Waals surface area contributed by atoms with E-state index in [9.17, 15) is 19.8 Å². The Labute approximate surface area is 141 Å². The summed E-state index contributed by atoms with van der Waals surface area (Å²) >= 11 is 0. The van der Waals surface area contributed by atoms with Gasteiger partial charge in [-0.05, 0) is 24.3 Å². The molecule has 0 atom stereocenters. The summed E-state index contributed by atoms with van der Waals surface area (Å²) in [5.74, 6) is -1.79. The second kappa shape index (κ2) is 6.16. The van der Waals surface area contributed by atoms with Crippen molar-refractivity contribution in [3.8, 4) is 17.2 Å². The van der Waals surface area contributed by atoms with Crippen molar-refractivity contribution in [1.82, 2.24) is 9.55 Å². The maximum absolute atomic E-state index is 12.3. The molecule has 0 saturated heterocycles. The fraction of sp³-hybridized carbons (Fsp3) is 0.118. The molecular weight excluding hydrogens is 328 g/mol. The maximum Gasteiger partial charge on any atom is 0.340 e. The third-order valence-electron chi connectivity index (χ3n) is 3.72. The van der Waals surface area contributed by atoms with Crippen LogP contribution >= 0.6 is 0 Å². The third-order valence-corrected chi connectivity index (χ3v) is 3.72. The molecule has 2 aromatic carbocycles. The van der Waals surface area contributed by atoms with Crippen molar-refractivity contribution in [2.45, 2.75) is 0 Å². The summed E-state index contributed by atoms with van der Waals surface area (Å²) in [5.41, 5.74) is 0.947. The summed E-state index contributed by atoms with van der Waals surface area (Å²) < 4.78 is 11.0. The molecule has 1 aromatic heterocycles. The predicted molar refractivity (Wildman–Crippen MR) is 87.1 cm³/mol. The largest absolute Gasteiger partial charge is 0.508 e. The zero-order chi connectivity index (χ0) is 18.1. The first kappa shape index (κ1) is 16.3. The van der Waals surface area contributed by atoms with Crippen LogP contribution in [0.1, 0.15) is 20.7 Å². The Kier molecular flexibility index (Phi) is 4.02. The highest BCUT2D eigenvalue weighted by Crippen LogP contribution is 2.31. The molecule has 0 bridgehead atoms. The quantitative estimate of drug-likeness (QED) is 0.700. The molecule has 2 N–H and O–H groups in total. The standard InChI is InChI=1S/C17H14N2O6/c1-24-16(22)10-4-5-11-15(14(10)17(23)25-2)19(8-18-11)12-6-3-9(20)7-13(12)21/h3-8,20-21H,1-2H3. The van der Waals surface area contributed by atoms with Gasteiger partial charge < -0.3 is 19.7 Å². The smallest absolute Gasteiger partial charge is 0.340 e. The minimum Gasteiger partial charge on any atom is -0.508 e. The van der Waals surface area contributed by atoms with Gasteiger partial charge in [0, 0.05) is 6.07 Å². The molecular formula is C17H14N2O6. The van der Waals surface area contributed by atoms with Crippen LogP contribution in [0.3, 0.4) is 0 Å². The van der Waals surface area contributed by atoms with Crippen molar-refractivity contribution < 1.29 is 29.3 Å². The molecule has 0 saturated carbocycles. The Morgan fingerprint density at radius 1 is 1.04 bits per heavy atom. The van der Waals surface area contributed by atoms with Gasteiger partial charge in [0.15, 0.2) is 0 Å². The van der Waals surface area contributed by atoms with Gasteiger partial charge in [-0.25, -0.2) is 14.6 Å². The summed E-state index contributed by atoms with van der Waals surface area (Å²) in [4.78, 5) is 28.5. The van der Waals surface area contributed by atoms with Gasteiger partial charge in [-0.15, -0.1) is 0 Å². The summed E-state index contributed by atoms with van der Waals surface area (Å²) in [6.07, 6.45) is 1.39. The van der Waals surface area contributed by atoms with Gasteiger partial charge in [-0.1, -0.05) is 0 Å². The molecule has 0 aliphatic carbocycles. The number of imidazole rings is 1. The first-order chi connectivity index (χ1) is 12.0. The van der Waals surface area contributed by atoms with E-state index in [0.29, 0.717) is 5.52 Å². The minimum absolute atomic E-state index is 0.0156. The average Bonchev–Trinajstić information content (AvgIpc) is 3.03. The molecule has 3 rings (SSSR count). The molecule has 0 amide bonds. The summed E-state index contributed by atoms with van der Waals surface area (Å²) in [6.45, 7) is 0. The molecule has 128 valence electrons. The molecule has 0 unspecified atom stereocenters. The monoisotopic (exact) mass is 342 g/mol. The second-order valence-electron chi connectivity index (χ2n) is 5.13. The Bertz CT molecular complexity index is 992. The van der Waals surface area contributed by atoms with Gasteiger partial charge in [-0.2, -0.15) is 0 Å². The molecule has 1 heterocycles. The number of carbonyl (C=O) groups excluding carboxylic acids is 2. The van der Waals surface area contributed by atoms with Crippen LogP contribution in [0.4, 0.5) is 0 Å². The molecule has 0 aliphatic heterocycles. The van der Waals surface area contributed by atoms with E-state index in [0.717, 1.165) is 6.07 Å². The number of fused-ring (bicyclic) bond motifs is 1. The Balaban J connectivity index is 2.38. The molecule has 0 radical (unpaired) electrons. The second-order valence-corrected chi connectivity index (χ2v) is 5.13. The number of benzene rings is 2. The number of esters is 2. The van der Waals surface area contributed by atoms with Gasteiger partial charge in [0.1, 0.15) is 23.4 Å². The van der Waals surface area contributed by atoms with Crippen molar-refractivity contribution in [3.05, 3.63) is 47.8 Å². The number of nitrogens with zero attached hydrogens (tertiary/aromatic N) is 2. The first-order valence-electron chi connectivity index (χ1n) is 7.17. The van der Waals surface area contributed by atoms with Crippen LogP contribution in [0, 0.1) is 0 Å². The number of aromatic nitrogens is 2. The van der Waals surface area contributed by atoms with Gasteiger partial charge in [-0.3, -0.25) is 4.57 Å². The zero-order valence-corrected chi connectivity index (χ0v) is 13.4. The van der Waals surface area contributed by atoms with E-state index in [1.807, 2.05) is 0 Å². The first-order valence-corrected chi connectivity index (χ1v) is 7.17. The summed E-state index contributed by atoms with van der Waals surface area (Å²) in [7, 11) is 2.40. The van der Waals surface area contributed by atoms with Crippen LogP contribution in [-0.4, -0.2) is 45.9 Å². The van der Waals surface area contributed by atoms with Gasteiger partial charge in [0.2, 0.25) is 0 Å². The highest BCUT2D eigenvalue weighted by molar-refractivity contribution is 6.11. The lowest BCUT2D eigenvalue weighted by Crippen LogP contribution is -2.13. The van der Waals surface area contributed by atoms with Crippen LogP contribution in [0.2, 0.25) is 0 Å². The lowest BCUT2D eigenvalue weighted by Gasteiger charge is -2.12. The number of carbonyl (C=O) groups is 2. The van der Waals surface area contributed by atoms with Gasteiger partial charge >= 0.3 is 11.9 Å². The number of ether oxygens (including phenoxy) is 2. The SMILES string of the molecule is COC(=O)c1ccc2ncn(-c3ccc(O)cc3O)c2c1C(=O)OC. The highest BCUT2D eigenvalue weighted by atomic mass is 16.5. The Hall–Kier alpha value is -3.55. The molecule has 0 spiro atoms. The number of rotatable bonds is 3. The molecule has 0 aliphatic rings. The fourth-order valence-electron chi connectivity index (χ4n) is 2.59. The maximum atomic E-state index is 12.3. The molecule has 25 heavy (non-hydrogen) atoms. The van der Waals surface area contributed by atoms with Crippen LogP contribution < -0.4 is 0 Å². The van der Waals surface area contributed by atoms with E-state index in [2.05, 4.69) is 4.98 Å². The number of phenolic OH excluding ortho intramolecular Hbond substituents is 2. The lowest BCUT2D eigenvalue weighted by molar-refractivity contribution is 0.0557. The normalized spacial score (nSPS) is 10.6. The Morgan fingerprint density at radius 3 is 2.40 bits per heavy atom. The van der Waals surface area contributed by atoms with Gasteiger partial charge in [0.25, 0.3) is 0 Å². The van der Waals surface area contributed by atoms with E-state index >= 15 is 0 Å². The minimum atomic E-state index is -0.744. The summed E-state index contributed by atoms with van der Waals surface area (Å²) in [6, 6.07) is 6.97. The van der Waals surface area contributed by atoms with Crippen LogP contribution in [-0.2, 0) is 9.47 Å². The Morgan fingerprint density at radius 2 is 1.76 bits per heavy atom. The predicted octanol–water partition coefficient (Wildman–Crippen LogP) is 2.01. The van der Waals surface area contributed by atoms with E-state index < -0.39 is 11.9 Å². The number of aromatic hydroxyl groups is 2. The van der Waals surface area contributed by atoms with Crippen LogP contribution in [0.5, 0.6) is 11.5 Å². The molecule has 0 fully saturated rings. The van der Waals surface area contributed by atoms with Gasteiger partial charge in [0.05, 0.1) is 36.5 Å². The van der Waals surface area contributed by atoms with E-state index in [4.69, 9.17) is 9.47 Å². The van der Waals surface area contributed by atoms with Crippen molar-refractivity contribution >= 4 is 23.0 Å². The average molecular weight is 342 g/mol. The van der Waals surface area contributed by atoms with Crippen molar-refractivity contribution in [1.29, 1.82) is 0 Å². The topological polar surface area (TPSA) is 111 Å². The molecule has 3 aromatic rings. The highest BCUT2D eigenvalue weighted by Gasteiger charge is 2.25.